The van der Waals surface area contributed by atoms with Crippen LogP contribution in [0.4, 0.5) is 5.82 Å². The van der Waals surface area contributed by atoms with Crippen molar-refractivity contribution >= 4 is 42.8 Å². The Labute approximate surface area is 199 Å². The van der Waals surface area contributed by atoms with Gasteiger partial charge in [-0.3, -0.25) is 0 Å². The lowest BCUT2D eigenvalue weighted by molar-refractivity contribution is -0.187. The maximum atomic E-state index is 13.1. The summed E-state index contributed by atoms with van der Waals surface area (Å²) in [5.41, 5.74) is 7.37. The zero-order valence-corrected chi connectivity index (χ0v) is 20.0. The molecule has 0 spiro atoms. The minimum Gasteiger partial charge on any atom is -0.382 e. The van der Waals surface area contributed by atoms with E-state index in [1.165, 1.54) is 17.7 Å². The molecule has 10 nitrogen and oxygen atoms in total. The highest BCUT2D eigenvalue weighted by atomic mass is 32.2. The fourth-order valence-electron chi connectivity index (χ4n) is 4.70. The number of hydrogen-bond donors (Lipinski definition) is 2. The lowest BCUT2D eigenvalue weighted by Crippen LogP contribution is -2.39. The van der Waals surface area contributed by atoms with E-state index in [0.29, 0.717) is 16.7 Å². The molecule has 34 heavy (non-hydrogen) atoms. The first-order chi connectivity index (χ1) is 16.2. The monoisotopic (exact) mass is 501 g/mol. The maximum absolute atomic E-state index is 13.1. The second kappa shape index (κ2) is 7.70. The third-order valence-electron chi connectivity index (χ3n) is 6.16. The second-order valence-electron chi connectivity index (χ2n) is 8.81. The number of nitrogen functional groups attached to an aromatic ring is 1. The van der Waals surface area contributed by atoms with Gasteiger partial charge in [-0.15, -0.1) is 11.3 Å². The Bertz CT molecular complexity index is 1500. The van der Waals surface area contributed by atoms with E-state index in [0.717, 1.165) is 10.4 Å². The van der Waals surface area contributed by atoms with Crippen LogP contribution in [0.15, 0.2) is 53.0 Å². The summed E-state index contributed by atoms with van der Waals surface area (Å²) in [5.74, 6) is -0.480. The number of nitrogens with two attached hydrogens (primary N) is 1. The van der Waals surface area contributed by atoms with Crippen LogP contribution in [0.1, 0.15) is 25.6 Å². The molecule has 0 unspecified atom stereocenters. The Kier molecular flexibility index (Phi) is 4.96. The summed E-state index contributed by atoms with van der Waals surface area (Å²) < 4.78 is 50.2. The van der Waals surface area contributed by atoms with Crippen LogP contribution in [0.5, 0.6) is 0 Å². The van der Waals surface area contributed by atoms with E-state index in [1.807, 2.05) is 44.2 Å². The van der Waals surface area contributed by atoms with Gasteiger partial charge in [0.1, 0.15) is 41.2 Å². The SMILES string of the molecule is CC1(C)O[C@@H]2[C@H](O1)[C@@H](CNS(=O)(=O)c1csc3ccccc13)O[C@H]2c1ccc2c(N)ncnn12. The van der Waals surface area contributed by atoms with Gasteiger partial charge in [0, 0.05) is 22.0 Å². The van der Waals surface area contributed by atoms with Gasteiger partial charge in [-0.1, -0.05) is 18.2 Å². The fraction of sp³-hybridized carbons (Fsp3) is 0.364. The van der Waals surface area contributed by atoms with Crippen LogP contribution in [0.3, 0.4) is 0 Å². The van der Waals surface area contributed by atoms with E-state index in [9.17, 15) is 8.42 Å². The molecule has 2 saturated heterocycles. The largest absolute Gasteiger partial charge is 0.382 e. The molecule has 2 aliphatic rings. The molecule has 0 amide bonds. The standard InChI is InChI=1S/C22H23N5O5S2/c1-22(2)31-19-15(9-26-34(28,29)17-10-33-16-6-4-3-5-12(16)17)30-18(20(19)32-22)13-7-8-14-21(23)24-11-25-27(13)14/h3-8,10-11,15,18-20,26H,9H2,1-2H3,(H2,23,24,25)/t15-,18+,19-,20+/m1/s1. The van der Waals surface area contributed by atoms with Crippen LogP contribution >= 0.6 is 11.3 Å². The Morgan fingerprint density at radius 3 is 2.82 bits per heavy atom. The number of benzene rings is 1. The van der Waals surface area contributed by atoms with Gasteiger partial charge in [0.25, 0.3) is 0 Å². The summed E-state index contributed by atoms with van der Waals surface area (Å²) in [5, 5.41) is 6.66. The smallest absolute Gasteiger partial charge is 0.242 e. The zero-order valence-electron chi connectivity index (χ0n) is 18.4. The molecule has 6 rings (SSSR count). The van der Waals surface area contributed by atoms with E-state index in [2.05, 4.69) is 14.8 Å². The maximum Gasteiger partial charge on any atom is 0.242 e. The number of nitrogens with one attached hydrogen (secondary N) is 1. The topological polar surface area (TPSA) is 130 Å². The lowest BCUT2D eigenvalue weighted by atomic mass is 10.1. The van der Waals surface area contributed by atoms with Gasteiger partial charge in [-0.2, -0.15) is 5.10 Å². The molecule has 178 valence electrons. The van der Waals surface area contributed by atoms with Gasteiger partial charge in [0.15, 0.2) is 11.6 Å². The van der Waals surface area contributed by atoms with Crippen LogP contribution in [0.25, 0.3) is 15.6 Å². The van der Waals surface area contributed by atoms with Crippen molar-refractivity contribution in [1.82, 2.24) is 19.3 Å². The molecule has 0 bridgehead atoms. The van der Waals surface area contributed by atoms with Gasteiger partial charge < -0.3 is 19.9 Å². The number of anilines is 1. The van der Waals surface area contributed by atoms with Crippen LogP contribution in [-0.4, -0.2) is 53.7 Å². The van der Waals surface area contributed by atoms with Crippen molar-refractivity contribution in [3.05, 3.63) is 53.8 Å². The van der Waals surface area contributed by atoms with E-state index in [4.69, 9.17) is 19.9 Å². The molecule has 4 aromatic rings. The molecule has 2 fully saturated rings. The average Bonchev–Trinajstić information content (AvgIpc) is 3.54. The van der Waals surface area contributed by atoms with Crippen molar-refractivity contribution in [2.45, 2.75) is 48.9 Å². The highest BCUT2D eigenvalue weighted by Gasteiger charge is 2.56. The first-order valence-electron chi connectivity index (χ1n) is 10.8. The van der Waals surface area contributed by atoms with Gasteiger partial charge >= 0.3 is 0 Å². The molecular weight excluding hydrogens is 478 g/mol. The third kappa shape index (κ3) is 3.49. The Morgan fingerprint density at radius 1 is 1.18 bits per heavy atom. The van der Waals surface area contributed by atoms with Crippen LogP contribution in [0, 0.1) is 0 Å². The number of fused-ring (bicyclic) bond motifs is 3. The van der Waals surface area contributed by atoms with Crippen molar-refractivity contribution in [2.24, 2.45) is 0 Å². The van der Waals surface area contributed by atoms with Crippen LogP contribution in [-0.2, 0) is 24.2 Å². The number of sulfonamides is 1. The second-order valence-corrected chi connectivity index (χ2v) is 11.5. The summed E-state index contributed by atoms with van der Waals surface area (Å²) in [6, 6.07) is 11.1. The summed E-state index contributed by atoms with van der Waals surface area (Å²) in [6.45, 7) is 3.69. The van der Waals surface area contributed by atoms with Gasteiger partial charge in [-0.05, 0) is 32.0 Å². The number of nitrogens with zero attached hydrogens (tertiary/aromatic N) is 3. The van der Waals surface area contributed by atoms with Crippen molar-refractivity contribution in [3.63, 3.8) is 0 Å². The van der Waals surface area contributed by atoms with Gasteiger partial charge in [-0.25, -0.2) is 22.6 Å². The molecule has 3 N–H and O–H groups in total. The normalized spacial score (nSPS) is 26.4. The van der Waals surface area contributed by atoms with Crippen molar-refractivity contribution in [1.29, 1.82) is 0 Å². The first-order valence-corrected chi connectivity index (χ1v) is 13.1. The van der Waals surface area contributed by atoms with Crippen molar-refractivity contribution in [2.75, 3.05) is 12.3 Å². The molecule has 3 aromatic heterocycles. The molecule has 0 aliphatic carbocycles. The molecule has 0 saturated carbocycles. The number of ether oxygens (including phenoxy) is 3. The average molecular weight is 502 g/mol. The quantitative estimate of drug-likeness (QED) is 0.427. The summed E-state index contributed by atoms with van der Waals surface area (Å²) in [4.78, 5) is 4.28. The van der Waals surface area contributed by atoms with Crippen LogP contribution < -0.4 is 10.5 Å². The highest BCUT2D eigenvalue weighted by molar-refractivity contribution is 7.90. The number of thiophene rings is 1. The molecular formula is C22H23N5O5S2. The summed E-state index contributed by atoms with van der Waals surface area (Å²) >= 11 is 1.39. The van der Waals surface area contributed by atoms with E-state index >= 15 is 0 Å². The number of hydrogen-bond acceptors (Lipinski definition) is 9. The predicted octanol–water partition coefficient (Wildman–Crippen LogP) is 2.46. The van der Waals surface area contributed by atoms with E-state index < -0.39 is 40.2 Å². The molecule has 12 heteroatoms. The predicted molar refractivity (Wildman–Crippen MR) is 126 cm³/mol. The molecule has 4 atom stereocenters. The highest BCUT2D eigenvalue weighted by Crippen LogP contribution is 2.45. The molecule has 5 heterocycles. The van der Waals surface area contributed by atoms with Gasteiger partial charge in [0.05, 0.1) is 5.69 Å². The van der Waals surface area contributed by atoms with Crippen LogP contribution in [0.2, 0.25) is 0 Å². The number of rotatable bonds is 5. The van der Waals surface area contributed by atoms with Crippen molar-refractivity contribution < 1.29 is 22.6 Å². The third-order valence-corrected chi connectivity index (χ3v) is 8.74. The zero-order chi connectivity index (χ0) is 23.7. The molecule has 1 aromatic carbocycles. The van der Waals surface area contributed by atoms with E-state index in [-0.39, 0.29) is 11.4 Å². The summed E-state index contributed by atoms with van der Waals surface area (Å²) in [6.07, 6.45) is -0.626. The fourth-order valence-corrected chi connectivity index (χ4v) is 7.25. The van der Waals surface area contributed by atoms with Crippen molar-refractivity contribution in [3.8, 4) is 0 Å². The Morgan fingerprint density at radius 2 is 1.97 bits per heavy atom. The first kappa shape index (κ1) is 21.9. The number of aromatic nitrogens is 3. The minimum absolute atomic E-state index is 0.0318. The minimum atomic E-state index is -3.76. The molecule has 2 aliphatic heterocycles. The van der Waals surface area contributed by atoms with Gasteiger partial charge in [0.2, 0.25) is 10.0 Å². The summed E-state index contributed by atoms with van der Waals surface area (Å²) in [7, 11) is -3.76. The Balaban J connectivity index is 1.29. The molecule has 0 radical (unpaired) electrons. The lowest BCUT2D eigenvalue weighted by Gasteiger charge is -2.24. The Hall–Kier alpha value is -2.61. The van der Waals surface area contributed by atoms with E-state index in [1.54, 1.807) is 16.0 Å².